The van der Waals surface area contributed by atoms with E-state index in [4.69, 9.17) is 5.11 Å². The number of carboxylic acids is 1. The van der Waals surface area contributed by atoms with Gasteiger partial charge in [0.05, 0.1) is 23.4 Å². The van der Waals surface area contributed by atoms with Crippen molar-refractivity contribution in [1.82, 2.24) is 15.1 Å². The number of benzene rings is 1. The molecule has 1 fully saturated rings. The minimum Gasteiger partial charge on any atom is -0.481 e. The third kappa shape index (κ3) is 3.61. The molecule has 2 atom stereocenters. The average Bonchev–Trinajstić information content (AvgIpc) is 3.17. The summed E-state index contributed by atoms with van der Waals surface area (Å²) in [6.07, 6.45) is 4.98. The molecule has 1 aromatic heterocycles. The molecule has 1 heterocycles. The first-order valence-electron chi connectivity index (χ1n) is 7.37. The number of nitrogens with one attached hydrogen (secondary N) is 1. The van der Waals surface area contributed by atoms with Gasteiger partial charge in [-0.15, -0.1) is 0 Å². The molecule has 1 saturated carbocycles. The van der Waals surface area contributed by atoms with Crippen LogP contribution in [-0.4, -0.2) is 32.8 Å². The summed E-state index contributed by atoms with van der Waals surface area (Å²) in [5, 5.41) is 16.1. The molecular formula is C16H16BrN3O3. The lowest BCUT2D eigenvalue weighted by Crippen LogP contribution is -2.33. The fourth-order valence-electron chi connectivity index (χ4n) is 2.78. The van der Waals surface area contributed by atoms with Crippen molar-refractivity contribution in [2.45, 2.75) is 25.3 Å². The number of nitrogens with zero attached hydrogens (tertiary/aromatic N) is 2. The number of halogens is 1. The molecule has 23 heavy (non-hydrogen) atoms. The molecule has 0 saturated heterocycles. The van der Waals surface area contributed by atoms with E-state index in [-0.39, 0.29) is 17.9 Å². The summed E-state index contributed by atoms with van der Waals surface area (Å²) in [6.45, 7) is 0. The summed E-state index contributed by atoms with van der Waals surface area (Å²) in [4.78, 5) is 23.2. The van der Waals surface area contributed by atoms with E-state index in [0.29, 0.717) is 24.8 Å². The Hall–Kier alpha value is -2.15. The number of rotatable bonds is 4. The summed E-state index contributed by atoms with van der Waals surface area (Å²) in [6, 6.07) is 7.52. The van der Waals surface area contributed by atoms with Crippen LogP contribution in [0.15, 0.2) is 41.1 Å². The second kappa shape index (κ2) is 6.54. The first kappa shape index (κ1) is 15.7. The zero-order valence-electron chi connectivity index (χ0n) is 12.3. The maximum atomic E-state index is 12.3. The number of carbonyl (C=O) groups excluding carboxylic acids is 1. The fraction of sp³-hybridized carbons (Fsp3) is 0.312. The zero-order chi connectivity index (χ0) is 16.4. The van der Waals surface area contributed by atoms with Crippen LogP contribution in [0.1, 0.15) is 29.6 Å². The quantitative estimate of drug-likeness (QED) is 0.857. The molecule has 6 nitrogen and oxygen atoms in total. The van der Waals surface area contributed by atoms with E-state index in [0.717, 1.165) is 10.2 Å². The van der Waals surface area contributed by atoms with Crippen LogP contribution in [0.4, 0.5) is 0 Å². The standard InChI is InChI=1S/C16H16BrN3O3/c17-12-2-5-14(6-3-12)20-9-11(8-18-20)15(21)19-13-4-1-10(7-13)16(22)23/h2-3,5-6,8-10,13H,1,4,7H2,(H,19,21)(H,22,23)/t10-,13+/m0/s1. The highest BCUT2D eigenvalue weighted by molar-refractivity contribution is 9.10. The van der Waals surface area contributed by atoms with Crippen molar-refractivity contribution < 1.29 is 14.7 Å². The van der Waals surface area contributed by atoms with Gasteiger partial charge in [-0.1, -0.05) is 15.9 Å². The molecule has 1 aromatic carbocycles. The van der Waals surface area contributed by atoms with Gasteiger partial charge < -0.3 is 10.4 Å². The largest absolute Gasteiger partial charge is 0.481 e. The summed E-state index contributed by atoms with van der Waals surface area (Å²) < 4.78 is 2.61. The van der Waals surface area contributed by atoms with Crippen LogP contribution in [0, 0.1) is 5.92 Å². The van der Waals surface area contributed by atoms with Crippen LogP contribution in [0.25, 0.3) is 5.69 Å². The van der Waals surface area contributed by atoms with E-state index >= 15 is 0 Å². The predicted octanol–water partition coefficient (Wildman–Crippen LogP) is 2.62. The van der Waals surface area contributed by atoms with E-state index in [1.807, 2.05) is 24.3 Å². The van der Waals surface area contributed by atoms with Crippen LogP contribution in [0.5, 0.6) is 0 Å². The number of aliphatic carboxylic acids is 1. The Morgan fingerprint density at radius 2 is 2.00 bits per heavy atom. The van der Waals surface area contributed by atoms with Gasteiger partial charge >= 0.3 is 5.97 Å². The molecule has 0 radical (unpaired) electrons. The number of amides is 1. The summed E-state index contributed by atoms with van der Waals surface area (Å²) in [7, 11) is 0. The fourth-order valence-corrected chi connectivity index (χ4v) is 3.05. The number of hydrogen-bond donors (Lipinski definition) is 2. The van der Waals surface area contributed by atoms with E-state index in [1.54, 1.807) is 10.9 Å². The Morgan fingerprint density at radius 1 is 1.26 bits per heavy atom. The first-order chi connectivity index (χ1) is 11.0. The van der Waals surface area contributed by atoms with Crippen LogP contribution < -0.4 is 5.32 Å². The maximum absolute atomic E-state index is 12.3. The summed E-state index contributed by atoms with van der Waals surface area (Å²) in [5.41, 5.74) is 1.32. The average molecular weight is 378 g/mol. The van der Waals surface area contributed by atoms with Gasteiger partial charge in [0.1, 0.15) is 0 Å². The highest BCUT2D eigenvalue weighted by Gasteiger charge is 2.30. The Labute approximate surface area is 141 Å². The molecule has 1 aliphatic rings. The smallest absolute Gasteiger partial charge is 0.306 e. The van der Waals surface area contributed by atoms with Crippen molar-refractivity contribution in [2.75, 3.05) is 0 Å². The zero-order valence-corrected chi connectivity index (χ0v) is 13.9. The summed E-state index contributed by atoms with van der Waals surface area (Å²) >= 11 is 3.37. The molecule has 2 aromatic rings. The molecule has 0 spiro atoms. The van der Waals surface area contributed by atoms with Crippen molar-refractivity contribution in [3.63, 3.8) is 0 Å². The second-order valence-corrected chi connectivity index (χ2v) is 6.58. The van der Waals surface area contributed by atoms with Crippen LogP contribution in [0.3, 0.4) is 0 Å². The van der Waals surface area contributed by atoms with E-state index in [2.05, 4.69) is 26.3 Å². The van der Waals surface area contributed by atoms with Crippen molar-refractivity contribution in [3.8, 4) is 5.69 Å². The number of carbonyl (C=O) groups is 2. The monoisotopic (exact) mass is 377 g/mol. The number of carboxylic acid groups (broad SMARTS) is 1. The van der Waals surface area contributed by atoms with Gasteiger partial charge in [0.25, 0.3) is 5.91 Å². The third-order valence-electron chi connectivity index (χ3n) is 4.05. The molecule has 0 aliphatic heterocycles. The van der Waals surface area contributed by atoms with Gasteiger partial charge in [-0.05, 0) is 43.5 Å². The lowest BCUT2D eigenvalue weighted by Gasteiger charge is -2.11. The van der Waals surface area contributed by atoms with E-state index in [9.17, 15) is 9.59 Å². The third-order valence-corrected chi connectivity index (χ3v) is 4.58. The SMILES string of the molecule is O=C(N[C@@H]1CC[C@H](C(=O)O)C1)c1cnn(-c2ccc(Br)cc2)c1. The van der Waals surface area contributed by atoms with Crippen molar-refractivity contribution in [3.05, 3.63) is 46.7 Å². The Bertz CT molecular complexity index is 726. The van der Waals surface area contributed by atoms with Crippen LogP contribution in [-0.2, 0) is 4.79 Å². The molecule has 7 heteroatoms. The Kier molecular flexibility index (Phi) is 4.47. The highest BCUT2D eigenvalue weighted by Crippen LogP contribution is 2.26. The molecule has 0 unspecified atom stereocenters. The van der Waals surface area contributed by atoms with E-state index in [1.165, 1.54) is 6.20 Å². The van der Waals surface area contributed by atoms with Gasteiger partial charge in [0.15, 0.2) is 0 Å². The normalized spacial score (nSPS) is 20.4. The molecule has 120 valence electrons. The minimum absolute atomic E-state index is 0.0837. The molecular weight excluding hydrogens is 362 g/mol. The van der Waals surface area contributed by atoms with Gasteiger partial charge in [-0.2, -0.15) is 5.10 Å². The maximum Gasteiger partial charge on any atom is 0.306 e. The second-order valence-electron chi connectivity index (χ2n) is 5.67. The highest BCUT2D eigenvalue weighted by atomic mass is 79.9. The van der Waals surface area contributed by atoms with Gasteiger partial charge in [0.2, 0.25) is 0 Å². The van der Waals surface area contributed by atoms with Gasteiger partial charge in [0, 0.05) is 16.7 Å². The molecule has 3 rings (SSSR count). The molecule has 2 N–H and O–H groups in total. The Balaban J connectivity index is 1.65. The number of hydrogen-bond acceptors (Lipinski definition) is 3. The summed E-state index contributed by atoms with van der Waals surface area (Å²) in [5.74, 6) is -1.36. The van der Waals surface area contributed by atoms with E-state index < -0.39 is 5.97 Å². The lowest BCUT2D eigenvalue weighted by atomic mass is 10.1. The van der Waals surface area contributed by atoms with Crippen LogP contribution >= 0.6 is 15.9 Å². The van der Waals surface area contributed by atoms with Crippen molar-refractivity contribution in [2.24, 2.45) is 5.92 Å². The minimum atomic E-state index is -0.787. The van der Waals surface area contributed by atoms with Gasteiger partial charge in [-0.3, -0.25) is 9.59 Å². The Morgan fingerprint density at radius 3 is 2.65 bits per heavy atom. The van der Waals surface area contributed by atoms with Crippen LogP contribution in [0.2, 0.25) is 0 Å². The lowest BCUT2D eigenvalue weighted by molar-refractivity contribution is -0.141. The molecule has 1 amide bonds. The predicted molar refractivity (Wildman–Crippen MR) is 87.5 cm³/mol. The molecule has 0 bridgehead atoms. The first-order valence-corrected chi connectivity index (χ1v) is 8.16. The van der Waals surface area contributed by atoms with Crippen molar-refractivity contribution in [1.29, 1.82) is 0 Å². The molecule has 1 aliphatic carbocycles. The topological polar surface area (TPSA) is 84.2 Å². The van der Waals surface area contributed by atoms with Crippen molar-refractivity contribution >= 4 is 27.8 Å². The number of aromatic nitrogens is 2. The van der Waals surface area contributed by atoms with Gasteiger partial charge in [-0.25, -0.2) is 4.68 Å².